The highest BCUT2D eigenvalue weighted by Gasteiger charge is 2.22. The van der Waals surface area contributed by atoms with Crippen molar-refractivity contribution >= 4 is 12.1 Å². The van der Waals surface area contributed by atoms with Crippen LogP contribution in [0.4, 0.5) is 9.59 Å². The van der Waals surface area contributed by atoms with E-state index >= 15 is 0 Å². The van der Waals surface area contributed by atoms with Crippen molar-refractivity contribution in [1.29, 1.82) is 0 Å². The Morgan fingerprint density at radius 3 is 2.36 bits per heavy atom. The summed E-state index contributed by atoms with van der Waals surface area (Å²) in [5, 5.41) is 22.1. The van der Waals surface area contributed by atoms with E-state index in [9.17, 15) is 14.7 Å². The van der Waals surface area contributed by atoms with Crippen molar-refractivity contribution in [3.8, 4) is 16.9 Å². The summed E-state index contributed by atoms with van der Waals surface area (Å²) in [6.45, 7) is 11.5. The largest absolute Gasteiger partial charge is 0.507 e. The van der Waals surface area contributed by atoms with Crippen molar-refractivity contribution in [1.82, 2.24) is 21.3 Å². The van der Waals surface area contributed by atoms with Gasteiger partial charge in [-0.15, -0.1) is 0 Å². The summed E-state index contributed by atoms with van der Waals surface area (Å²) < 4.78 is 0. The third-order valence-electron chi connectivity index (χ3n) is 5.55. The smallest absolute Gasteiger partial charge is 0.315 e. The molecule has 0 atom stereocenters. The molecular weight excluding hydrogens is 416 g/mol. The first-order valence-corrected chi connectivity index (χ1v) is 11.6. The van der Waals surface area contributed by atoms with E-state index in [1.807, 2.05) is 63.2 Å². The number of aromatic hydroxyl groups is 1. The molecule has 2 rings (SSSR count). The number of carbonyl (C=O) groups excluding carboxylic acids is 2. The first-order chi connectivity index (χ1) is 15.6. The molecule has 2 aromatic rings. The molecule has 0 aliphatic carbocycles. The van der Waals surface area contributed by atoms with Gasteiger partial charge in [-0.3, -0.25) is 0 Å². The minimum absolute atomic E-state index is 0.109. The van der Waals surface area contributed by atoms with Gasteiger partial charge in [-0.2, -0.15) is 0 Å². The molecule has 0 unspecified atom stereocenters. The van der Waals surface area contributed by atoms with Crippen LogP contribution < -0.4 is 21.3 Å². The molecule has 0 saturated heterocycles. The summed E-state index contributed by atoms with van der Waals surface area (Å²) in [5.74, 6) is 0.209. The van der Waals surface area contributed by atoms with E-state index in [4.69, 9.17) is 0 Å². The lowest BCUT2D eigenvalue weighted by molar-refractivity contribution is 0.237. The summed E-state index contributed by atoms with van der Waals surface area (Å²) in [4.78, 5) is 23.5. The number of benzene rings is 2. The topological polar surface area (TPSA) is 102 Å². The molecule has 0 bridgehead atoms. The van der Waals surface area contributed by atoms with Crippen LogP contribution in [0.5, 0.6) is 5.75 Å². The molecule has 180 valence electrons. The highest BCUT2D eigenvalue weighted by molar-refractivity contribution is 5.76. The van der Waals surface area contributed by atoms with Crippen LogP contribution in [0.3, 0.4) is 0 Å². The SMILES string of the molecule is CCNC(=O)NCc1ccccc1-c1ccc(C(C)(C)CCCNC(=O)NC(C)C)cc1O. The highest BCUT2D eigenvalue weighted by atomic mass is 16.3. The Hall–Kier alpha value is -3.22. The van der Waals surface area contributed by atoms with Crippen molar-refractivity contribution in [3.63, 3.8) is 0 Å². The van der Waals surface area contributed by atoms with Crippen LogP contribution in [-0.4, -0.2) is 36.3 Å². The quantitative estimate of drug-likeness (QED) is 0.338. The lowest BCUT2D eigenvalue weighted by atomic mass is 9.79. The van der Waals surface area contributed by atoms with Crippen molar-refractivity contribution in [2.24, 2.45) is 0 Å². The normalized spacial score (nSPS) is 11.2. The molecule has 0 radical (unpaired) electrons. The Balaban J connectivity index is 2.07. The van der Waals surface area contributed by atoms with E-state index in [1.165, 1.54) is 0 Å². The van der Waals surface area contributed by atoms with Crippen LogP contribution >= 0.6 is 0 Å². The molecule has 7 heteroatoms. The molecule has 5 N–H and O–H groups in total. The molecule has 4 amide bonds. The van der Waals surface area contributed by atoms with Gasteiger partial charge in [0.1, 0.15) is 5.75 Å². The van der Waals surface area contributed by atoms with Gasteiger partial charge in [0.25, 0.3) is 0 Å². The fraction of sp³-hybridized carbons (Fsp3) is 0.462. The fourth-order valence-electron chi connectivity index (χ4n) is 3.71. The monoisotopic (exact) mass is 454 g/mol. The maximum atomic E-state index is 11.8. The van der Waals surface area contributed by atoms with Crippen molar-refractivity contribution in [3.05, 3.63) is 53.6 Å². The van der Waals surface area contributed by atoms with Crippen molar-refractivity contribution in [2.45, 2.75) is 65.5 Å². The third-order valence-corrected chi connectivity index (χ3v) is 5.55. The van der Waals surface area contributed by atoms with Crippen molar-refractivity contribution in [2.75, 3.05) is 13.1 Å². The zero-order valence-corrected chi connectivity index (χ0v) is 20.4. The Bertz CT molecular complexity index is 941. The highest BCUT2D eigenvalue weighted by Crippen LogP contribution is 2.37. The van der Waals surface area contributed by atoms with Gasteiger partial charge in [0.05, 0.1) is 0 Å². The van der Waals surface area contributed by atoms with Crippen LogP contribution in [-0.2, 0) is 12.0 Å². The van der Waals surface area contributed by atoms with E-state index in [0.717, 1.165) is 35.1 Å². The van der Waals surface area contributed by atoms with Crippen LogP contribution in [0.15, 0.2) is 42.5 Å². The Morgan fingerprint density at radius 1 is 0.970 bits per heavy atom. The predicted octanol–water partition coefficient (Wildman–Crippen LogP) is 4.64. The van der Waals surface area contributed by atoms with Gasteiger partial charge >= 0.3 is 12.1 Å². The number of urea groups is 2. The number of amides is 4. The van der Waals surface area contributed by atoms with Crippen LogP contribution in [0.2, 0.25) is 0 Å². The fourth-order valence-corrected chi connectivity index (χ4v) is 3.71. The Morgan fingerprint density at radius 2 is 1.70 bits per heavy atom. The van der Waals surface area contributed by atoms with Gasteiger partial charge in [-0.1, -0.05) is 50.2 Å². The maximum absolute atomic E-state index is 11.8. The zero-order chi connectivity index (χ0) is 24.4. The molecular formula is C26H38N4O3. The third kappa shape index (κ3) is 8.00. The minimum Gasteiger partial charge on any atom is -0.507 e. The zero-order valence-electron chi connectivity index (χ0n) is 20.4. The molecule has 2 aromatic carbocycles. The second kappa shape index (κ2) is 12.1. The summed E-state index contributed by atoms with van der Waals surface area (Å²) in [6.07, 6.45) is 1.69. The van der Waals surface area contributed by atoms with Gasteiger partial charge in [0.15, 0.2) is 0 Å². The summed E-state index contributed by atoms with van der Waals surface area (Å²) in [5.41, 5.74) is 3.42. The predicted molar refractivity (Wildman–Crippen MR) is 133 cm³/mol. The molecule has 7 nitrogen and oxygen atoms in total. The number of hydrogen-bond donors (Lipinski definition) is 5. The second-order valence-corrected chi connectivity index (χ2v) is 9.14. The van der Waals surface area contributed by atoms with Gasteiger partial charge in [0.2, 0.25) is 0 Å². The Labute approximate surface area is 197 Å². The van der Waals surface area contributed by atoms with E-state index in [2.05, 4.69) is 35.1 Å². The van der Waals surface area contributed by atoms with E-state index < -0.39 is 0 Å². The van der Waals surface area contributed by atoms with E-state index in [0.29, 0.717) is 19.6 Å². The summed E-state index contributed by atoms with van der Waals surface area (Å²) in [7, 11) is 0. The molecule has 0 heterocycles. The molecule has 0 aliphatic rings. The Kier molecular flexibility index (Phi) is 9.57. The number of nitrogens with one attached hydrogen (secondary N) is 4. The molecule has 0 aliphatic heterocycles. The second-order valence-electron chi connectivity index (χ2n) is 9.14. The van der Waals surface area contributed by atoms with Crippen LogP contribution in [0.25, 0.3) is 11.1 Å². The van der Waals surface area contributed by atoms with Gasteiger partial charge in [-0.25, -0.2) is 9.59 Å². The van der Waals surface area contributed by atoms with E-state index in [-0.39, 0.29) is 29.3 Å². The van der Waals surface area contributed by atoms with Crippen molar-refractivity contribution < 1.29 is 14.7 Å². The average molecular weight is 455 g/mol. The molecule has 0 fully saturated rings. The number of phenols is 1. The van der Waals surface area contributed by atoms with Gasteiger partial charge in [0, 0.05) is 31.2 Å². The van der Waals surface area contributed by atoms with Gasteiger partial charge < -0.3 is 26.4 Å². The van der Waals surface area contributed by atoms with Crippen LogP contribution in [0, 0.1) is 0 Å². The lowest BCUT2D eigenvalue weighted by Crippen LogP contribution is -2.40. The first-order valence-electron chi connectivity index (χ1n) is 11.6. The number of carbonyl (C=O) groups is 2. The molecule has 0 aromatic heterocycles. The van der Waals surface area contributed by atoms with E-state index in [1.54, 1.807) is 0 Å². The summed E-state index contributed by atoms with van der Waals surface area (Å²) in [6, 6.07) is 13.3. The standard InChI is InChI=1S/C26H38N4O3/c1-6-27-24(32)29-17-19-10-7-8-11-21(19)22-13-12-20(16-23(22)31)26(4,5)14-9-15-28-25(33)30-18(2)3/h7-8,10-13,16,18,31H,6,9,14-15,17H2,1-5H3,(H2,27,29,32)(H2,28,30,33). The minimum atomic E-state index is -0.218. The molecule has 0 saturated carbocycles. The number of hydrogen-bond acceptors (Lipinski definition) is 3. The molecule has 0 spiro atoms. The summed E-state index contributed by atoms with van der Waals surface area (Å²) >= 11 is 0. The maximum Gasteiger partial charge on any atom is 0.315 e. The van der Waals surface area contributed by atoms with Gasteiger partial charge in [-0.05, 0) is 61.8 Å². The molecule has 33 heavy (non-hydrogen) atoms. The average Bonchev–Trinajstić information content (AvgIpc) is 2.75. The lowest BCUT2D eigenvalue weighted by Gasteiger charge is -2.26. The number of phenolic OH excluding ortho intramolecular Hbond substituents is 1. The number of rotatable bonds is 10. The van der Waals surface area contributed by atoms with Crippen LogP contribution in [0.1, 0.15) is 58.6 Å². The first kappa shape index (κ1) is 26.0.